The van der Waals surface area contributed by atoms with Crippen LogP contribution in [0.3, 0.4) is 0 Å². The van der Waals surface area contributed by atoms with E-state index in [-0.39, 0.29) is 61.7 Å². The molecule has 4 amide bonds. The summed E-state index contributed by atoms with van der Waals surface area (Å²) in [6, 6.07) is 48.1. The predicted octanol–water partition coefficient (Wildman–Crippen LogP) is 6.90. The van der Waals surface area contributed by atoms with Crippen molar-refractivity contribution in [2.24, 2.45) is 23.7 Å². The van der Waals surface area contributed by atoms with E-state index in [1.807, 2.05) is 121 Å². The number of hydrogen-bond acceptors (Lipinski definition) is 11. The summed E-state index contributed by atoms with van der Waals surface area (Å²) in [7, 11) is 1.53. The maximum atomic E-state index is 14.7. The third kappa shape index (κ3) is 6.21. The van der Waals surface area contributed by atoms with Gasteiger partial charge in [-0.3, -0.25) is 24.1 Å². The number of hydrogen-bond donors (Lipinski definition) is 3. The van der Waals surface area contributed by atoms with Crippen LogP contribution in [0.2, 0.25) is 0 Å². The van der Waals surface area contributed by atoms with Crippen molar-refractivity contribution < 1.29 is 53.4 Å². The molecule has 2 aliphatic heterocycles. The zero-order valence-corrected chi connectivity index (χ0v) is 39.0. The highest BCUT2D eigenvalue weighted by atomic mass is 16.5. The first-order chi connectivity index (χ1) is 35.0. The highest BCUT2D eigenvalue weighted by Gasteiger charge is 2.70. The number of rotatable bonds is 13. The Balaban J connectivity index is 0.706. The van der Waals surface area contributed by atoms with Crippen LogP contribution < -0.4 is 14.4 Å². The Bertz CT molecular complexity index is 3310. The Morgan fingerprint density at radius 1 is 0.486 bits per heavy atom. The summed E-state index contributed by atoms with van der Waals surface area (Å²) in [6.45, 7) is -0.661. The zero-order chi connectivity index (χ0) is 49.2. The number of nitrogens with zero attached hydrogens (tertiary/aromatic N) is 2. The number of imide groups is 2. The standard InChI is InChI=1S/C59H48N2O11/c1-60-54(65)50-48-40-10-2-6-14-44(40)58(52(50)56(60)67,45-15-7-3-11-41(45)48)71-30-36(63)28-69-38-24-18-32-19-25-39(27-33(32)26-38)70-29-37(64)31-72-59-46-16-8-4-12-42(46)49(43-13-5-9-17-47(43)59)51-53(59)57(68)61(55(51)66)34-20-22-35(62)23-21-34/h2-27,36-37,48-53,62-64H,28-31H2,1H3. The number of fused-ring (bicyclic) bond motifs is 1. The van der Waals surface area contributed by atoms with Crippen LogP contribution in [0.4, 0.5) is 5.69 Å². The normalized spacial score (nSPS) is 26.7. The van der Waals surface area contributed by atoms with Crippen LogP contribution in [-0.2, 0) is 39.9 Å². The Kier molecular flexibility index (Phi) is 10.1. The molecular formula is C59H48N2O11. The fourth-order valence-corrected chi connectivity index (χ4v) is 13.2. The number of ether oxygens (including phenoxy) is 4. The summed E-state index contributed by atoms with van der Waals surface area (Å²) in [5.74, 6) is -4.07. The van der Waals surface area contributed by atoms with Crippen LogP contribution in [0.5, 0.6) is 17.2 Å². The van der Waals surface area contributed by atoms with Gasteiger partial charge in [-0.25, -0.2) is 4.90 Å². The maximum Gasteiger partial charge on any atom is 0.241 e. The summed E-state index contributed by atoms with van der Waals surface area (Å²) >= 11 is 0. The molecule has 7 aromatic rings. The minimum Gasteiger partial charge on any atom is -0.508 e. The molecule has 2 saturated heterocycles. The Labute approximate surface area is 413 Å². The van der Waals surface area contributed by atoms with Crippen LogP contribution in [0, 0.1) is 23.7 Å². The molecule has 2 fully saturated rings. The first-order valence-electron chi connectivity index (χ1n) is 24.3. The largest absolute Gasteiger partial charge is 0.508 e. The monoisotopic (exact) mass is 960 g/mol. The fraction of sp³-hybridized carbons (Fsp3) is 0.254. The van der Waals surface area contributed by atoms with Crippen LogP contribution in [0.15, 0.2) is 158 Å². The highest BCUT2D eigenvalue weighted by Crippen LogP contribution is 2.66. The molecule has 3 N–H and O–H groups in total. The number of carbonyl (C=O) groups excluding carboxylic acids is 4. The Morgan fingerprint density at radius 2 is 0.903 bits per heavy atom. The lowest BCUT2D eigenvalue weighted by Gasteiger charge is -2.53. The second-order valence-corrected chi connectivity index (χ2v) is 19.8. The van der Waals surface area contributed by atoms with Gasteiger partial charge in [-0.15, -0.1) is 0 Å². The molecule has 13 nitrogen and oxygen atoms in total. The van der Waals surface area contributed by atoms with E-state index in [0.29, 0.717) is 17.2 Å². The van der Waals surface area contributed by atoms with Crippen LogP contribution >= 0.6 is 0 Å². The van der Waals surface area contributed by atoms with Crippen LogP contribution in [0.1, 0.15) is 56.3 Å². The van der Waals surface area contributed by atoms with Crippen LogP contribution in [-0.4, -0.2) is 89.5 Å². The third-order valence-corrected chi connectivity index (χ3v) is 16.1. The van der Waals surface area contributed by atoms with Gasteiger partial charge in [0.05, 0.1) is 42.6 Å². The van der Waals surface area contributed by atoms with Crippen molar-refractivity contribution in [2.45, 2.75) is 35.2 Å². The van der Waals surface area contributed by atoms with Gasteiger partial charge in [0.2, 0.25) is 23.6 Å². The zero-order valence-electron chi connectivity index (χ0n) is 39.0. The van der Waals surface area contributed by atoms with Gasteiger partial charge in [-0.1, -0.05) is 109 Å². The second-order valence-electron chi connectivity index (χ2n) is 19.8. The average Bonchev–Trinajstić information content (AvgIpc) is 3.82. The van der Waals surface area contributed by atoms with Crippen molar-refractivity contribution >= 4 is 40.1 Å². The third-order valence-electron chi connectivity index (χ3n) is 16.1. The van der Waals surface area contributed by atoms with Gasteiger partial charge < -0.3 is 34.3 Å². The molecule has 360 valence electrons. The lowest BCUT2D eigenvalue weighted by Crippen LogP contribution is -2.55. The first kappa shape index (κ1) is 44.3. The Hall–Kier alpha value is -7.68. The number of phenols is 1. The minimum atomic E-state index is -1.40. The number of aromatic hydroxyl groups is 1. The van der Waals surface area contributed by atoms with Crippen molar-refractivity contribution in [1.82, 2.24) is 4.90 Å². The van der Waals surface area contributed by atoms with E-state index in [9.17, 15) is 34.5 Å². The summed E-state index contributed by atoms with van der Waals surface area (Å²) in [5.41, 5.74) is 4.58. The molecule has 6 atom stereocenters. The van der Waals surface area contributed by atoms with Gasteiger partial charge in [-0.05, 0) is 104 Å². The molecular weight excluding hydrogens is 913 g/mol. The average molecular weight is 961 g/mol. The summed E-state index contributed by atoms with van der Waals surface area (Å²) in [4.78, 5) is 59.2. The van der Waals surface area contributed by atoms with Crippen molar-refractivity contribution in [2.75, 3.05) is 38.4 Å². The molecule has 72 heavy (non-hydrogen) atoms. The molecule has 0 spiro atoms. The molecule has 0 saturated carbocycles. The van der Waals surface area contributed by atoms with E-state index in [0.717, 1.165) is 55.3 Å². The van der Waals surface area contributed by atoms with Gasteiger partial charge in [0, 0.05) is 18.9 Å². The van der Waals surface area contributed by atoms with E-state index < -0.39 is 53.0 Å². The number of amides is 4. The lowest BCUT2D eigenvalue weighted by atomic mass is 9.52. The van der Waals surface area contributed by atoms with E-state index in [4.69, 9.17) is 18.9 Å². The number of anilines is 1. The van der Waals surface area contributed by atoms with E-state index in [1.165, 1.54) is 29.0 Å². The van der Waals surface area contributed by atoms with Gasteiger partial charge in [0.1, 0.15) is 53.9 Å². The molecule has 4 bridgehead atoms. The number of carbonyl (C=O) groups is 4. The number of aliphatic hydroxyl groups excluding tert-OH is 2. The molecule has 0 radical (unpaired) electrons. The molecule has 0 aromatic heterocycles. The minimum absolute atomic E-state index is 0.0147. The summed E-state index contributed by atoms with van der Waals surface area (Å²) in [5, 5.41) is 34.7. The van der Waals surface area contributed by atoms with Crippen LogP contribution in [0.25, 0.3) is 10.8 Å². The molecule has 7 aromatic carbocycles. The van der Waals surface area contributed by atoms with Gasteiger partial charge in [0.25, 0.3) is 0 Å². The van der Waals surface area contributed by atoms with E-state index in [1.54, 1.807) is 24.3 Å². The molecule has 8 aliphatic rings. The molecule has 6 aliphatic carbocycles. The van der Waals surface area contributed by atoms with Crippen molar-refractivity contribution in [3.63, 3.8) is 0 Å². The van der Waals surface area contributed by atoms with Gasteiger partial charge in [-0.2, -0.15) is 0 Å². The maximum absolute atomic E-state index is 14.7. The van der Waals surface area contributed by atoms with Crippen molar-refractivity contribution in [1.29, 1.82) is 0 Å². The smallest absolute Gasteiger partial charge is 0.241 e. The predicted molar refractivity (Wildman–Crippen MR) is 262 cm³/mol. The second kappa shape index (κ2) is 16.4. The molecule has 15 rings (SSSR count). The highest BCUT2D eigenvalue weighted by molar-refractivity contribution is 6.23. The van der Waals surface area contributed by atoms with Gasteiger partial charge in [0.15, 0.2) is 0 Å². The van der Waals surface area contributed by atoms with Crippen molar-refractivity contribution in [3.8, 4) is 17.2 Å². The number of aliphatic hydroxyl groups is 2. The number of phenolic OH excluding ortho intramolecular Hbond substituents is 1. The molecule has 2 heterocycles. The summed E-state index contributed by atoms with van der Waals surface area (Å²) < 4.78 is 26.0. The fourth-order valence-electron chi connectivity index (χ4n) is 13.2. The first-order valence-corrected chi connectivity index (χ1v) is 24.3. The van der Waals surface area contributed by atoms with E-state index in [2.05, 4.69) is 0 Å². The molecule has 13 heteroatoms. The summed E-state index contributed by atoms with van der Waals surface area (Å²) in [6.07, 6.45) is -2.24. The number of likely N-dealkylation sites (tertiary alicyclic amines) is 1. The van der Waals surface area contributed by atoms with E-state index >= 15 is 0 Å². The number of benzene rings is 7. The lowest BCUT2D eigenvalue weighted by molar-refractivity contribution is -0.151. The Morgan fingerprint density at radius 3 is 1.36 bits per heavy atom. The topological polar surface area (TPSA) is 172 Å². The molecule has 6 unspecified atom stereocenters. The van der Waals surface area contributed by atoms with Crippen molar-refractivity contribution in [3.05, 3.63) is 202 Å². The van der Waals surface area contributed by atoms with Gasteiger partial charge >= 0.3 is 0 Å². The quantitative estimate of drug-likeness (QED) is 0.103. The SMILES string of the molecule is CN1C(=O)C2C3c4ccccc4C(OCC(O)COc4ccc5ccc(OCC(O)COC67c8ccccc8C(c8ccccc86)C6C(=O)N(c8ccc(O)cc8)C(=O)C67)cc5c4)(c4ccccc43)C2C1=O.